The second-order valence-corrected chi connectivity index (χ2v) is 6.20. The number of likely N-dealkylation sites (tertiary alicyclic amines) is 1. The van der Waals surface area contributed by atoms with Gasteiger partial charge in [-0.15, -0.1) is 0 Å². The molecule has 0 spiro atoms. The van der Waals surface area contributed by atoms with Gasteiger partial charge in [0.05, 0.1) is 12.5 Å². The topological polar surface area (TPSA) is 82.4 Å². The standard InChI is InChI=1S/C17H25N3O3/c1-2-23-17(22)13-6-5-9-20(11-13)12-14(10-18)16(21)19-15-7-3-4-8-15/h12-13,15H,2-9,11H2,1H3,(H,19,21)/b14-12-. The number of hydrogen-bond donors (Lipinski definition) is 1. The number of nitrogens with one attached hydrogen (secondary N) is 1. The maximum absolute atomic E-state index is 12.2. The smallest absolute Gasteiger partial charge is 0.310 e. The van der Waals surface area contributed by atoms with Gasteiger partial charge < -0.3 is 15.0 Å². The minimum absolute atomic E-state index is 0.112. The fraction of sp³-hybridized carbons (Fsp3) is 0.706. The number of carbonyl (C=O) groups is 2. The molecule has 1 aliphatic carbocycles. The van der Waals surface area contributed by atoms with Crippen LogP contribution in [-0.2, 0) is 14.3 Å². The normalized spacial score (nSPS) is 22.5. The summed E-state index contributed by atoms with van der Waals surface area (Å²) < 4.78 is 5.07. The summed E-state index contributed by atoms with van der Waals surface area (Å²) in [6, 6.07) is 2.17. The summed E-state index contributed by atoms with van der Waals surface area (Å²) in [5.41, 5.74) is 0.112. The molecule has 1 atom stereocenters. The van der Waals surface area contributed by atoms with Gasteiger partial charge in [-0.1, -0.05) is 12.8 Å². The van der Waals surface area contributed by atoms with Crippen LogP contribution in [0.2, 0.25) is 0 Å². The summed E-state index contributed by atoms with van der Waals surface area (Å²) >= 11 is 0. The van der Waals surface area contributed by atoms with Crippen molar-refractivity contribution in [1.82, 2.24) is 10.2 Å². The number of nitriles is 1. The zero-order chi connectivity index (χ0) is 16.7. The molecule has 126 valence electrons. The van der Waals surface area contributed by atoms with Gasteiger partial charge >= 0.3 is 5.97 Å². The molecular formula is C17H25N3O3. The molecule has 0 aromatic rings. The van der Waals surface area contributed by atoms with Gasteiger partial charge in [-0.2, -0.15) is 5.26 Å². The van der Waals surface area contributed by atoms with Crippen molar-refractivity contribution in [1.29, 1.82) is 5.26 Å². The van der Waals surface area contributed by atoms with Crippen molar-refractivity contribution in [2.45, 2.75) is 51.5 Å². The molecule has 1 saturated carbocycles. The molecule has 23 heavy (non-hydrogen) atoms. The summed E-state index contributed by atoms with van der Waals surface area (Å²) in [6.45, 7) is 3.41. The van der Waals surface area contributed by atoms with Gasteiger partial charge in [0.25, 0.3) is 5.91 Å². The van der Waals surface area contributed by atoms with Crippen LogP contribution in [0.5, 0.6) is 0 Å². The zero-order valence-corrected chi connectivity index (χ0v) is 13.7. The molecule has 0 radical (unpaired) electrons. The number of hydrogen-bond acceptors (Lipinski definition) is 5. The Morgan fingerprint density at radius 3 is 2.70 bits per heavy atom. The molecule has 2 rings (SSSR count). The molecule has 2 aliphatic rings. The molecule has 1 aliphatic heterocycles. The van der Waals surface area contributed by atoms with E-state index in [1.165, 1.54) is 0 Å². The Kier molecular flexibility index (Phi) is 6.45. The van der Waals surface area contributed by atoms with Crippen LogP contribution < -0.4 is 5.32 Å². The lowest BCUT2D eigenvalue weighted by Gasteiger charge is -2.30. The number of amides is 1. The van der Waals surface area contributed by atoms with Crippen molar-refractivity contribution in [3.05, 3.63) is 11.8 Å². The molecule has 6 nitrogen and oxygen atoms in total. The quantitative estimate of drug-likeness (QED) is 0.474. The first-order chi connectivity index (χ1) is 11.1. The highest BCUT2D eigenvalue weighted by molar-refractivity contribution is 5.97. The zero-order valence-electron chi connectivity index (χ0n) is 13.7. The molecular weight excluding hydrogens is 294 g/mol. The average molecular weight is 319 g/mol. The molecule has 1 unspecified atom stereocenters. The predicted molar refractivity (Wildman–Crippen MR) is 85.0 cm³/mol. The van der Waals surface area contributed by atoms with E-state index in [0.29, 0.717) is 13.2 Å². The van der Waals surface area contributed by atoms with Crippen molar-refractivity contribution in [2.24, 2.45) is 5.92 Å². The third-order valence-electron chi connectivity index (χ3n) is 4.44. The predicted octanol–water partition coefficient (Wildman–Crippen LogP) is 1.73. The van der Waals surface area contributed by atoms with E-state index in [1.807, 2.05) is 11.0 Å². The molecule has 0 bridgehead atoms. The number of ether oxygens (including phenoxy) is 1. The molecule has 0 aromatic heterocycles. The van der Waals surface area contributed by atoms with Crippen molar-refractivity contribution < 1.29 is 14.3 Å². The maximum atomic E-state index is 12.2. The number of esters is 1. The number of piperidine rings is 1. The third kappa shape index (κ3) is 4.98. The second-order valence-electron chi connectivity index (χ2n) is 6.20. The van der Waals surface area contributed by atoms with Gasteiger partial charge in [-0.25, -0.2) is 0 Å². The largest absolute Gasteiger partial charge is 0.466 e. The van der Waals surface area contributed by atoms with Crippen LogP contribution >= 0.6 is 0 Å². The molecule has 2 fully saturated rings. The van der Waals surface area contributed by atoms with Gasteiger partial charge in [0.1, 0.15) is 11.6 Å². The fourth-order valence-electron chi connectivity index (χ4n) is 3.23. The summed E-state index contributed by atoms with van der Waals surface area (Å²) in [5, 5.41) is 12.2. The van der Waals surface area contributed by atoms with Crippen molar-refractivity contribution in [3.63, 3.8) is 0 Å². The highest BCUT2D eigenvalue weighted by Gasteiger charge is 2.26. The van der Waals surface area contributed by atoms with Crippen LogP contribution in [0.1, 0.15) is 45.4 Å². The van der Waals surface area contributed by atoms with Crippen LogP contribution in [0, 0.1) is 17.2 Å². The van der Waals surface area contributed by atoms with E-state index in [1.54, 1.807) is 13.1 Å². The first-order valence-corrected chi connectivity index (χ1v) is 8.47. The third-order valence-corrected chi connectivity index (χ3v) is 4.44. The Labute approximate surface area is 137 Å². The Morgan fingerprint density at radius 1 is 1.30 bits per heavy atom. The summed E-state index contributed by atoms with van der Waals surface area (Å²) in [6.07, 6.45) is 7.46. The van der Waals surface area contributed by atoms with Gasteiger partial charge in [0, 0.05) is 25.3 Å². The van der Waals surface area contributed by atoms with E-state index in [-0.39, 0.29) is 29.4 Å². The van der Waals surface area contributed by atoms with E-state index in [0.717, 1.165) is 45.1 Å². The van der Waals surface area contributed by atoms with Crippen molar-refractivity contribution >= 4 is 11.9 Å². The summed E-state index contributed by atoms with van der Waals surface area (Å²) in [7, 11) is 0. The summed E-state index contributed by atoms with van der Waals surface area (Å²) in [5.74, 6) is -0.685. The van der Waals surface area contributed by atoms with Crippen molar-refractivity contribution in [2.75, 3.05) is 19.7 Å². The molecule has 1 saturated heterocycles. The monoisotopic (exact) mass is 319 g/mol. The lowest BCUT2D eigenvalue weighted by Crippen LogP contribution is -2.38. The minimum Gasteiger partial charge on any atom is -0.466 e. The SMILES string of the molecule is CCOC(=O)C1CCCN(/C=C(/C#N)C(=O)NC2CCCC2)C1. The Bertz CT molecular complexity index is 504. The maximum Gasteiger partial charge on any atom is 0.310 e. The lowest BCUT2D eigenvalue weighted by atomic mass is 9.98. The number of rotatable bonds is 5. The van der Waals surface area contributed by atoms with E-state index < -0.39 is 0 Å². The Morgan fingerprint density at radius 2 is 2.04 bits per heavy atom. The van der Waals surface area contributed by atoms with Gasteiger partial charge in [0.15, 0.2) is 0 Å². The van der Waals surface area contributed by atoms with Gasteiger partial charge in [-0.05, 0) is 32.6 Å². The van der Waals surface area contributed by atoms with Gasteiger partial charge in [0.2, 0.25) is 0 Å². The summed E-state index contributed by atoms with van der Waals surface area (Å²) in [4.78, 5) is 25.9. The van der Waals surface area contributed by atoms with E-state index in [2.05, 4.69) is 5.32 Å². The minimum atomic E-state index is -0.308. The molecule has 6 heteroatoms. The van der Waals surface area contributed by atoms with Crippen LogP contribution in [-0.4, -0.2) is 42.5 Å². The first kappa shape index (κ1) is 17.3. The van der Waals surface area contributed by atoms with Crippen LogP contribution in [0.25, 0.3) is 0 Å². The number of carbonyl (C=O) groups excluding carboxylic acids is 2. The highest BCUT2D eigenvalue weighted by atomic mass is 16.5. The van der Waals surface area contributed by atoms with Crippen LogP contribution in [0.4, 0.5) is 0 Å². The van der Waals surface area contributed by atoms with Gasteiger partial charge in [-0.3, -0.25) is 9.59 Å². The van der Waals surface area contributed by atoms with E-state index in [4.69, 9.17) is 4.74 Å². The molecule has 1 N–H and O–H groups in total. The average Bonchev–Trinajstić information content (AvgIpc) is 3.06. The Hall–Kier alpha value is -2.03. The lowest BCUT2D eigenvalue weighted by molar-refractivity contribution is -0.149. The van der Waals surface area contributed by atoms with E-state index in [9.17, 15) is 14.9 Å². The van der Waals surface area contributed by atoms with E-state index >= 15 is 0 Å². The molecule has 0 aromatic carbocycles. The molecule has 1 heterocycles. The van der Waals surface area contributed by atoms with Crippen molar-refractivity contribution in [3.8, 4) is 6.07 Å². The van der Waals surface area contributed by atoms with Crippen LogP contribution in [0.3, 0.4) is 0 Å². The molecule has 1 amide bonds. The fourth-order valence-corrected chi connectivity index (χ4v) is 3.23. The highest BCUT2D eigenvalue weighted by Crippen LogP contribution is 2.20. The first-order valence-electron chi connectivity index (χ1n) is 8.47. The second kappa shape index (κ2) is 8.56. The number of nitrogens with zero attached hydrogens (tertiary/aromatic N) is 2. The Balaban J connectivity index is 1.95. The van der Waals surface area contributed by atoms with Crippen LogP contribution in [0.15, 0.2) is 11.8 Å².